The summed E-state index contributed by atoms with van der Waals surface area (Å²) in [5.74, 6) is 0.882. The van der Waals surface area contributed by atoms with Gasteiger partial charge >= 0.3 is 0 Å². The van der Waals surface area contributed by atoms with E-state index >= 15 is 0 Å². The highest BCUT2D eigenvalue weighted by molar-refractivity contribution is 5.97. The standard InChI is InChI=1S/C16H20N4O3/c1-11-18-14(20-23-11)12-4-3-5-13(10-12)19-15(21)16(22-2)6-8-17-9-7-16/h3-5,10,17H,6-9H2,1-2H3,(H,19,21). The highest BCUT2D eigenvalue weighted by Crippen LogP contribution is 2.26. The first kappa shape index (κ1) is 15.6. The van der Waals surface area contributed by atoms with Gasteiger partial charge in [0.25, 0.3) is 5.91 Å². The summed E-state index contributed by atoms with van der Waals surface area (Å²) in [6.07, 6.45) is 1.30. The van der Waals surface area contributed by atoms with E-state index in [2.05, 4.69) is 20.8 Å². The molecule has 0 atom stereocenters. The summed E-state index contributed by atoms with van der Waals surface area (Å²) in [6, 6.07) is 7.38. The fraction of sp³-hybridized carbons (Fsp3) is 0.438. The number of anilines is 1. The van der Waals surface area contributed by atoms with Crippen LogP contribution in [0.3, 0.4) is 0 Å². The van der Waals surface area contributed by atoms with Crippen molar-refractivity contribution in [3.05, 3.63) is 30.2 Å². The Morgan fingerprint density at radius 1 is 1.39 bits per heavy atom. The maximum Gasteiger partial charge on any atom is 0.256 e. The molecule has 1 aliphatic rings. The molecule has 122 valence electrons. The SMILES string of the molecule is COC1(C(=O)Nc2cccc(-c3noc(C)n3)c2)CCNCC1. The molecule has 1 amide bonds. The van der Waals surface area contributed by atoms with E-state index in [1.54, 1.807) is 14.0 Å². The number of rotatable bonds is 4. The number of carbonyl (C=O) groups is 1. The third kappa shape index (κ3) is 3.25. The van der Waals surface area contributed by atoms with Gasteiger partial charge in [0.05, 0.1) is 0 Å². The summed E-state index contributed by atoms with van der Waals surface area (Å²) < 4.78 is 10.5. The minimum Gasteiger partial charge on any atom is -0.368 e. The second-order valence-corrected chi connectivity index (χ2v) is 5.62. The molecule has 0 radical (unpaired) electrons. The molecule has 2 heterocycles. The topological polar surface area (TPSA) is 89.3 Å². The van der Waals surface area contributed by atoms with Crippen LogP contribution in [0.15, 0.2) is 28.8 Å². The van der Waals surface area contributed by atoms with Crippen LogP contribution in [0, 0.1) is 6.92 Å². The molecule has 0 unspecified atom stereocenters. The Bertz CT molecular complexity index is 692. The summed E-state index contributed by atoms with van der Waals surface area (Å²) in [6.45, 7) is 3.27. The van der Waals surface area contributed by atoms with E-state index in [0.717, 1.165) is 18.7 Å². The molecule has 7 nitrogen and oxygen atoms in total. The van der Waals surface area contributed by atoms with E-state index in [1.807, 2.05) is 24.3 Å². The van der Waals surface area contributed by atoms with Gasteiger partial charge < -0.3 is 19.9 Å². The summed E-state index contributed by atoms with van der Waals surface area (Å²) in [7, 11) is 1.59. The van der Waals surface area contributed by atoms with E-state index in [9.17, 15) is 4.79 Å². The second kappa shape index (κ2) is 6.47. The van der Waals surface area contributed by atoms with Crippen molar-refractivity contribution in [3.8, 4) is 11.4 Å². The molecule has 2 N–H and O–H groups in total. The van der Waals surface area contributed by atoms with Gasteiger partial charge in [-0.25, -0.2) is 0 Å². The molecule has 0 aliphatic carbocycles. The molecule has 1 fully saturated rings. The first-order valence-corrected chi connectivity index (χ1v) is 7.61. The number of methoxy groups -OCH3 is 1. The Labute approximate surface area is 134 Å². The Morgan fingerprint density at radius 3 is 2.83 bits per heavy atom. The van der Waals surface area contributed by atoms with Crippen molar-refractivity contribution in [3.63, 3.8) is 0 Å². The summed E-state index contributed by atoms with van der Waals surface area (Å²) in [5.41, 5.74) is 0.700. The lowest BCUT2D eigenvalue weighted by Crippen LogP contribution is -2.51. The van der Waals surface area contributed by atoms with Crippen LogP contribution >= 0.6 is 0 Å². The van der Waals surface area contributed by atoms with E-state index < -0.39 is 5.60 Å². The largest absolute Gasteiger partial charge is 0.368 e. The highest BCUT2D eigenvalue weighted by Gasteiger charge is 2.39. The number of nitrogens with one attached hydrogen (secondary N) is 2. The average Bonchev–Trinajstić information content (AvgIpc) is 3.02. The van der Waals surface area contributed by atoms with Gasteiger partial charge in [-0.2, -0.15) is 4.98 Å². The number of hydrogen-bond acceptors (Lipinski definition) is 6. The van der Waals surface area contributed by atoms with E-state index in [4.69, 9.17) is 9.26 Å². The van der Waals surface area contributed by atoms with Gasteiger partial charge in [-0.1, -0.05) is 17.3 Å². The van der Waals surface area contributed by atoms with Gasteiger partial charge in [-0.05, 0) is 38.1 Å². The number of hydrogen-bond donors (Lipinski definition) is 2. The van der Waals surface area contributed by atoms with Crippen molar-refractivity contribution in [1.29, 1.82) is 0 Å². The van der Waals surface area contributed by atoms with Gasteiger partial charge in [0.2, 0.25) is 11.7 Å². The third-order valence-electron chi connectivity index (χ3n) is 4.12. The van der Waals surface area contributed by atoms with Crippen molar-refractivity contribution in [2.24, 2.45) is 0 Å². The monoisotopic (exact) mass is 316 g/mol. The maximum atomic E-state index is 12.7. The predicted molar refractivity (Wildman–Crippen MR) is 84.9 cm³/mol. The number of aromatic nitrogens is 2. The molecule has 2 aromatic rings. The summed E-state index contributed by atoms with van der Waals surface area (Å²) >= 11 is 0. The number of amides is 1. The molecule has 3 rings (SSSR count). The van der Waals surface area contributed by atoms with Crippen molar-refractivity contribution >= 4 is 11.6 Å². The zero-order chi connectivity index (χ0) is 16.3. The summed E-state index contributed by atoms with van der Waals surface area (Å²) in [4.78, 5) is 16.9. The quantitative estimate of drug-likeness (QED) is 0.893. The molecule has 7 heteroatoms. The van der Waals surface area contributed by atoms with Crippen LogP contribution in [-0.4, -0.2) is 41.8 Å². The lowest BCUT2D eigenvalue weighted by Gasteiger charge is -2.34. The Morgan fingerprint density at radius 2 is 2.17 bits per heavy atom. The van der Waals surface area contributed by atoms with E-state index in [-0.39, 0.29) is 5.91 Å². The van der Waals surface area contributed by atoms with Crippen molar-refractivity contribution < 1.29 is 14.1 Å². The molecule has 0 bridgehead atoms. The van der Waals surface area contributed by atoms with Crippen LogP contribution in [0.4, 0.5) is 5.69 Å². The molecule has 1 saturated heterocycles. The number of piperidine rings is 1. The number of carbonyl (C=O) groups excluding carboxylic acids is 1. The molecule has 1 aliphatic heterocycles. The van der Waals surface area contributed by atoms with Crippen LogP contribution in [-0.2, 0) is 9.53 Å². The second-order valence-electron chi connectivity index (χ2n) is 5.62. The van der Waals surface area contributed by atoms with E-state index in [1.165, 1.54) is 0 Å². The molecule has 0 saturated carbocycles. The first-order chi connectivity index (χ1) is 11.1. The maximum absolute atomic E-state index is 12.7. The normalized spacial score (nSPS) is 17.0. The predicted octanol–water partition coefficient (Wildman–Crippen LogP) is 1.75. The van der Waals surface area contributed by atoms with Crippen molar-refractivity contribution in [2.45, 2.75) is 25.4 Å². The average molecular weight is 316 g/mol. The number of nitrogens with zero attached hydrogens (tertiary/aromatic N) is 2. The minimum absolute atomic E-state index is 0.122. The first-order valence-electron chi connectivity index (χ1n) is 7.61. The van der Waals surface area contributed by atoms with Crippen molar-refractivity contribution in [2.75, 3.05) is 25.5 Å². The number of aryl methyl sites for hydroxylation is 1. The zero-order valence-electron chi connectivity index (χ0n) is 13.3. The third-order valence-corrected chi connectivity index (χ3v) is 4.12. The number of benzene rings is 1. The van der Waals surface area contributed by atoms with Crippen LogP contribution in [0.1, 0.15) is 18.7 Å². The lowest BCUT2D eigenvalue weighted by molar-refractivity contribution is -0.140. The fourth-order valence-corrected chi connectivity index (χ4v) is 2.75. The molecule has 1 aromatic carbocycles. The highest BCUT2D eigenvalue weighted by atomic mass is 16.5. The van der Waals surface area contributed by atoms with E-state index in [0.29, 0.717) is 30.2 Å². The van der Waals surface area contributed by atoms with Crippen LogP contribution < -0.4 is 10.6 Å². The molecular formula is C16H20N4O3. The molecule has 1 aromatic heterocycles. The van der Waals surface area contributed by atoms with Crippen LogP contribution in [0.25, 0.3) is 11.4 Å². The minimum atomic E-state index is -0.774. The van der Waals surface area contributed by atoms with Gasteiger partial charge in [0, 0.05) is 25.3 Å². The van der Waals surface area contributed by atoms with Gasteiger partial charge in [-0.3, -0.25) is 4.79 Å². The number of ether oxygens (including phenoxy) is 1. The smallest absolute Gasteiger partial charge is 0.256 e. The Hall–Kier alpha value is -2.25. The van der Waals surface area contributed by atoms with Gasteiger partial charge in [-0.15, -0.1) is 0 Å². The Balaban J connectivity index is 1.78. The van der Waals surface area contributed by atoms with Crippen molar-refractivity contribution in [1.82, 2.24) is 15.5 Å². The molecule has 0 spiro atoms. The Kier molecular flexibility index (Phi) is 4.40. The van der Waals surface area contributed by atoms with Gasteiger partial charge in [0.1, 0.15) is 5.60 Å². The zero-order valence-corrected chi connectivity index (χ0v) is 13.3. The van der Waals surface area contributed by atoms with Crippen LogP contribution in [0.5, 0.6) is 0 Å². The molecular weight excluding hydrogens is 296 g/mol. The fourth-order valence-electron chi connectivity index (χ4n) is 2.75. The summed E-state index contributed by atoms with van der Waals surface area (Å²) in [5, 5.41) is 10.1. The lowest BCUT2D eigenvalue weighted by atomic mass is 9.91. The van der Waals surface area contributed by atoms with Gasteiger partial charge in [0.15, 0.2) is 0 Å². The molecule has 23 heavy (non-hydrogen) atoms. The van der Waals surface area contributed by atoms with Crippen LogP contribution in [0.2, 0.25) is 0 Å².